The van der Waals surface area contributed by atoms with Crippen LogP contribution in [-0.4, -0.2) is 22.8 Å². The molecule has 0 spiro atoms. The lowest BCUT2D eigenvalue weighted by molar-refractivity contribution is -0.113. The maximum Gasteiger partial charge on any atom is 0.177 e. The average Bonchev–Trinajstić information content (AvgIpc) is 2.48. The summed E-state index contributed by atoms with van der Waals surface area (Å²) in [6.45, 7) is 6.57. The predicted octanol–water partition coefficient (Wildman–Crippen LogP) is 2.84. The normalized spacial score (nSPS) is 28.8. The van der Waals surface area contributed by atoms with Gasteiger partial charge in [0, 0.05) is 30.5 Å². The van der Waals surface area contributed by atoms with Gasteiger partial charge in [-0.05, 0) is 25.6 Å². The van der Waals surface area contributed by atoms with Gasteiger partial charge in [0.25, 0.3) is 0 Å². The quantitative estimate of drug-likeness (QED) is 0.786. The predicted molar refractivity (Wildman–Crippen MR) is 62.6 cm³/mol. The summed E-state index contributed by atoms with van der Waals surface area (Å²) in [5.74, 6) is 0. The van der Waals surface area contributed by atoms with Crippen LogP contribution >= 0.6 is 12.2 Å². The average molecular weight is 226 g/mol. The van der Waals surface area contributed by atoms with E-state index in [-0.39, 0.29) is 5.41 Å². The van der Waals surface area contributed by atoms with Crippen LogP contribution in [0, 0.1) is 17.1 Å². The Morgan fingerprint density at radius 2 is 2.27 bits per heavy atom. The summed E-state index contributed by atoms with van der Waals surface area (Å²) in [5.41, 5.74) is 1.37. The third-order valence-corrected chi connectivity index (χ3v) is 4.04. The second-order valence-electron chi connectivity index (χ2n) is 4.90. The maximum absolute atomic E-state index is 5.45. The molecule has 0 aromatic carbocycles. The first-order valence-electron chi connectivity index (χ1n) is 5.27. The minimum absolute atomic E-state index is 0.167. The summed E-state index contributed by atoms with van der Waals surface area (Å²) in [6, 6.07) is 0.459. The number of H-pyrrole nitrogens is 1. The number of nitrogens with zero attached hydrogens (tertiary/aromatic N) is 1. The maximum atomic E-state index is 5.45. The third-order valence-electron chi connectivity index (χ3n) is 3.73. The van der Waals surface area contributed by atoms with Crippen molar-refractivity contribution in [1.29, 1.82) is 0 Å². The highest BCUT2D eigenvalue weighted by Gasteiger charge is 2.50. The van der Waals surface area contributed by atoms with Gasteiger partial charge in [0.05, 0.1) is 6.10 Å². The van der Waals surface area contributed by atoms with Crippen molar-refractivity contribution in [2.75, 3.05) is 7.11 Å². The minimum Gasteiger partial charge on any atom is -0.381 e. The van der Waals surface area contributed by atoms with Gasteiger partial charge in [0.15, 0.2) is 4.77 Å². The van der Waals surface area contributed by atoms with Crippen molar-refractivity contribution < 1.29 is 4.74 Å². The summed E-state index contributed by atoms with van der Waals surface area (Å²) < 4.78 is 8.48. The van der Waals surface area contributed by atoms with E-state index in [1.165, 1.54) is 5.69 Å². The van der Waals surface area contributed by atoms with E-state index in [1.54, 1.807) is 7.11 Å². The Labute approximate surface area is 95.5 Å². The fourth-order valence-electron chi connectivity index (χ4n) is 2.56. The number of hydrogen-bond donors (Lipinski definition) is 1. The molecule has 0 saturated heterocycles. The summed E-state index contributed by atoms with van der Waals surface area (Å²) in [7, 11) is 1.78. The molecule has 1 aromatic heterocycles. The molecule has 1 fully saturated rings. The Morgan fingerprint density at radius 1 is 1.60 bits per heavy atom. The molecule has 1 saturated carbocycles. The molecule has 2 rings (SSSR count). The molecule has 2 unspecified atom stereocenters. The monoisotopic (exact) mass is 226 g/mol. The molecule has 4 heteroatoms. The van der Waals surface area contributed by atoms with Gasteiger partial charge < -0.3 is 14.3 Å². The van der Waals surface area contributed by atoms with Crippen LogP contribution in [0.5, 0.6) is 0 Å². The molecule has 0 aliphatic heterocycles. The first-order chi connectivity index (χ1) is 6.98. The smallest absolute Gasteiger partial charge is 0.177 e. The number of aromatic nitrogens is 2. The van der Waals surface area contributed by atoms with Gasteiger partial charge in [-0.15, -0.1) is 0 Å². The van der Waals surface area contributed by atoms with Gasteiger partial charge in [0.1, 0.15) is 0 Å². The Kier molecular flexibility index (Phi) is 2.51. The largest absolute Gasteiger partial charge is 0.381 e. The molecular weight excluding hydrogens is 208 g/mol. The molecule has 0 radical (unpaired) electrons. The van der Waals surface area contributed by atoms with E-state index in [4.69, 9.17) is 17.0 Å². The Morgan fingerprint density at radius 3 is 2.67 bits per heavy atom. The highest BCUT2D eigenvalue weighted by molar-refractivity contribution is 7.71. The highest BCUT2D eigenvalue weighted by Crippen LogP contribution is 2.51. The standard InChI is InChI=1S/C11H18N2OS/c1-7-6-12-10(15)13(7)8-5-9(14-4)11(8,2)3/h6,8-9H,5H2,1-4H3,(H,12,15). The summed E-state index contributed by atoms with van der Waals surface area (Å²) in [6.07, 6.45) is 3.37. The lowest BCUT2D eigenvalue weighted by Gasteiger charge is -2.51. The van der Waals surface area contributed by atoms with E-state index in [1.807, 2.05) is 6.20 Å². The number of aryl methyl sites for hydroxylation is 1. The van der Waals surface area contributed by atoms with Crippen molar-refractivity contribution in [2.45, 2.75) is 39.3 Å². The minimum atomic E-state index is 0.167. The van der Waals surface area contributed by atoms with E-state index >= 15 is 0 Å². The zero-order valence-corrected chi connectivity index (χ0v) is 10.5. The molecule has 84 valence electrons. The van der Waals surface area contributed by atoms with E-state index in [9.17, 15) is 0 Å². The fourth-order valence-corrected chi connectivity index (χ4v) is 2.89. The molecule has 3 nitrogen and oxygen atoms in total. The molecule has 15 heavy (non-hydrogen) atoms. The van der Waals surface area contributed by atoms with E-state index in [0.29, 0.717) is 12.1 Å². The number of ether oxygens (including phenoxy) is 1. The molecule has 0 amide bonds. The number of hydrogen-bond acceptors (Lipinski definition) is 2. The summed E-state index contributed by atoms with van der Waals surface area (Å²) in [4.78, 5) is 3.09. The zero-order chi connectivity index (χ0) is 11.2. The van der Waals surface area contributed by atoms with Crippen LogP contribution in [0.1, 0.15) is 32.0 Å². The molecule has 2 atom stereocenters. The topological polar surface area (TPSA) is 29.9 Å². The fraction of sp³-hybridized carbons (Fsp3) is 0.727. The van der Waals surface area contributed by atoms with Gasteiger partial charge in [-0.1, -0.05) is 13.8 Å². The molecule has 0 bridgehead atoms. The number of imidazole rings is 1. The molecule has 1 N–H and O–H groups in total. The van der Waals surface area contributed by atoms with Gasteiger partial charge in [-0.25, -0.2) is 0 Å². The van der Waals surface area contributed by atoms with Gasteiger partial charge in [-0.2, -0.15) is 0 Å². The number of rotatable bonds is 2. The van der Waals surface area contributed by atoms with Crippen molar-refractivity contribution >= 4 is 12.2 Å². The van der Waals surface area contributed by atoms with Crippen molar-refractivity contribution in [1.82, 2.24) is 9.55 Å². The number of methoxy groups -OCH3 is 1. The van der Waals surface area contributed by atoms with Crippen molar-refractivity contribution in [2.24, 2.45) is 5.41 Å². The Hall–Kier alpha value is -0.610. The molecule has 1 aromatic rings. The number of nitrogens with one attached hydrogen (secondary N) is 1. The van der Waals surface area contributed by atoms with Crippen molar-refractivity contribution in [3.8, 4) is 0 Å². The van der Waals surface area contributed by atoms with E-state index in [0.717, 1.165) is 11.2 Å². The number of aromatic amines is 1. The first kappa shape index (κ1) is 10.9. The van der Waals surface area contributed by atoms with Gasteiger partial charge >= 0.3 is 0 Å². The third kappa shape index (κ3) is 1.47. The SMILES string of the molecule is COC1CC(n2c(C)c[nH]c2=S)C1(C)C. The van der Waals surface area contributed by atoms with Gasteiger partial charge in [-0.3, -0.25) is 0 Å². The van der Waals surface area contributed by atoms with Crippen LogP contribution in [0.3, 0.4) is 0 Å². The summed E-state index contributed by atoms with van der Waals surface area (Å²) >= 11 is 5.29. The van der Waals surface area contributed by atoms with Crippen LogP contribution < -0.4 is 0 Å². The summed E-state index contributed by atoms with van der Waals surface area (Å²) in [5, 5.41) is 0. The second-order valence-corrected chi connectivity index (χ2v) is 5.29. The molecule has 1 aliphatic carbocycles. The first-order valence-corrected chi connectivity index (χ1v) is 5.68. The Balaban J connectivity index is 2.33. The highest BCUT2D eigenvalue weighted by atomic mass is 32.1. The van der Waals surface area contributed by atoms with Crippen LogP contribution in [0.2, 0.25) is 0 Å². The van der Waals surface area contributed by atoms with Crippen molar-refractivity contribution in [3.63, 3.8) is 0 Å². The lowest BCUT2D eigenvalue weighted by Crippen LogP contribution is -2.51. The van der Waals surface area contributed by atoms with Crippen LogP contribution in [0.4, 0.5) is 0 Å². The van der Waals surface area contributed by atoms with Crippen LogP contribution in [0.15, 0.2) is 6.20 Å². The zero-order valence-electron chi connectivity index (χ0n) is 9.70. The van der Waals surface area contributed by atoms with Crippen molar-refractivity contribution in [3.05, 3.63) is 16.7 Å². The van der Waals surface area contributed by atoms with Gasteiger partial charge in [0.2, 0.25) is 0 Å². The van der Waals surface area contributed by atoms with Crippen LogP contribution in [-0.2, 0) is 4.74 Å². The lowest BCUT2D eigenvalue weighted by atomic mass is 9.64. The van der Waals surface area contributed by atoms with E-state index in [2.05, 4.69) is 30.3 Å². The molecular formula is C11H18N2OS. The Bertz CT molecular complexity index is 418. The second kappa shape index (κ2) is 3.46. The molecule has 1 heterocycles. The van der Waals surface area contributed by atoms with E-state index < -0.39 is 0 Å². The molecule has 1 aliphatic rings. The van der Waals surface area contributed by atoms with Crippen LogP contribution in [0.25, 0.3) is 0 Å².